The highest BCUT2D eigenvalue weighted by Crippen LogP contribution is 2.62. The number of aromatic nitrogens is 1. The maximum Gasteiger partial charge on any atom is 0.460 e. The van der Waals surface area contributed by atoms with Crippen molar-refractivity contribution < 1.29 is 57.1 Å². The second-order valence-electron chi connectivity index (χ2n) is 5.75. The molecule has 2 aromatic rings. The molecule has 0 fully saturated rings. The van der Waals surface area contributed by atoms with Gasteiger partial charge >= 0.3 is 35.8 Å². The van der Waals surface area contributed by atoms with Gasteiger partial charge in [0, 0.05) is 11.6 Å². The van der Waals surface area contributed by atoms with E-state index in [-0.39, 0.29) is 5.39 Å². The lowest BCUT2D eigenvalue weighted by Crippen LogP contribution is -2.69. The number of nitrogens with zero attached hydrogens (tertiary/aromatic N) is 1. The summed E-state index contributed by atoms with van der Waals surface area (Å²) in [5.74, 6) is -37.3. The molecule has 0 saturated heterocycles. The number of halogens is 13. The van der Waals surface area contributed by atoms with Gasteiger partial charge in [0.25, 0.3) is 0 Å². The van der Waals surface area contributed by atoms with Crippen molar-refractivity contribution in [3.8, 4) is 0 Å². The first kappa shape index (κ1) is 23.0. The Kier molecular flexibility index (Phi) is 5.04. The van der Waals surface area contributed by atoms with Crippen molar-refractivity contribution in [3.63, 3.8) is 0 Å². The summed E-state index contributed by atoms with van der Waals surface area (Å²) in [6.07, 6.45) is -7.04. The number of hydrogen-bond donors (Lipinski definition) is 0. The largest absolute Gasteiger partial charge is 0.460 e. The lowest BCUT2D eigenvalue weighted by Gasteiger charge is -2.39. The van der Waals surface area contributed by atoms with E-state index in [1.54, 1.807) is 0 Å². The first-order valence-corrected chi connectivity index (χ1v) is 7.14. The second kappa shape index (κ2) is 6.36. The van der Waals surface area contributed by atoms with E-state index >= 15 is 0 Å². The minimum atomic E-state index is -7.93. The standard InChI is InChI=1S/C15H6F13N/c16-10(17,9-8-4-2-1-3-7(8)5-6-29-9)11(18,19)12(20,21)13(22,23)14(24,25)15(26,27)28/h1-6H. The van der Waals surface area contributed by atoms with Crippen LogP contribution < -0.4 is 0 Å². The van der Waals surface area contributed by atoms with E-state index in [4.69, 9.17) is 0 Å². The van der Waals surface area contributed by atoms with Crippen LogP contribution >= 0.6 is 0 Å². The lowest BCUT2D eigenvalue weighted by atomic mass is 9.91. The van der Waals surface area contributed by atoms with Crippen molar-refractivity contribution >= 4 is 10.8 Å². The van der Waals surface area contributed by atoms with Gasteiger partial charge in [-0.25, -0.2) is 0 Å². The molecule has 0 spiro atoms. The molecule has 0 amide bonds. The van der Waals surface area contributed by atoms with Gasteiger partial charge in [-0.2, -0.15) is 57.1 Å². The van der Waals surface area contributed by atoms with Crippen LogP contribution in [0.5, 0.6) is 0 Å². The monoisotopic (exact) mass is 447 g/mol. The van der Waals surface area contributed by atoms with Gasteiger partial charge < -0.3 is 0 Å². The molecule has 0 radical (unpaired) electrons. The Balaban J connectivity index is 2.71. The molecule has 0 saturated carbocycles. The maximum atomic E-state index is 14.2. The van der Waals surface area contributed by atoms with Crippen molar-refractivity contribution in [2.24, 2.45) is 0 Å². The van der Waals surface area contributed by atoms with E-state index in [0.29, 0.717) is 12.3 Å². The predicted molar refractivity (Wildman–Crippen MR) is 71.5 cm³/mol. The molecule has 0 N–H and O–H groups in total. The van der Waals surface area contributed by atoms with Crippen LogP contribution in [0.2, 0.25) is 0 Å². The predicted octanol–water partition coefficient (Wildman–Crippen LogP) is 6.43. The Morgan fingerprint density at radius 3 is 1.55 bits per heavy atom. The van der Waals surface area contributed by atoms with E-state index in [1.807, 2.05) is 0 Å². The summed E-state index contributed by atoms with van der Waals surface area (Å²) in [6, 6.07) is 4.75. The Labute approximate surface area is 152 Å². The van der Waals surface area contributed by atoms with Gasteiger partial charge in [-0.1, -0.05) is 24.3 Å². The fourth-order valence-electron chi connectivity index (χ4n) is 2.29. The normalized spacial score (nSPS) is 15.1. The van der Waals surface area contributed by atoms with Crippen molar-refractivity contribution in [1.29, 1.82) is 0 Å². The van der Waals surface area contributed by atoms with Crippen LogP contribution in [-0.2, 0) is 5.92 Å². The van der Waals surface area contributed by atoms with E-state index in [0.717, 1.165) is 18.2 Å². The van der Waals surface area contributed by atoms with Crippen molar-refractivity contribution in [2.45, 2.75) is 35.8 Å². The molecule has 1 heterocycles. The summed E-state index contributed by atoms with van der Waals surface area (Å²) in [4.78, 5) is 2.73. The SMILES string of the molecule is FC(F)(F)C(F)(F)C(F)(F)C(F)(F)C(F)(F)C(F)(F)c1nccc2ccccc12. The molecule has 0 aliphatic heterocycles. The quantitative estimate of drug-likeness (QED) is 0.482. The fourth-order valence-corrected chi connectivity index (χ4v) is 2.29. The summed E-state index contributed by atoms with van der Waals surface area (Å²) in [5.41, 5.74) is -2.22. The van der Waals surface area contributed by atoms with E-state index < -0.39 is 46.9 Å². The van der Waals surface area contributed by atoms with Crippen LogP contribution in [0.1, 0.15) is 5.69 Å². The van der Waals surface area contributed by atoms with Crippen molar-refractivity contribution in [2.75, 3.05) is 0 Å². The molecule has 1 aromatic heterocycles. The average Bonchev–Trinajstić information content (AvgIpc) is 2.59. The van der Waals surface area contributed by atoms with Gasteiger partial charge in [-0.3, -0.25) is 4.98 Å². The van der Waals surface area contributed by atoms with Gasteiger partial charge in [-0.15, -0.1) is 0 Å². The third-order valence-corrected chi connectivity index (χ3v) is 3.90. The second-order valence-corrected chi connectivity index (χ2v) is 5.75. The van der Waals surface area contributed by atoms with Crippen LogP contribution in [0, 0.1) is 0 Å². The Bertz CT molecular complexity index is 895. The number of alkyl halides is 13. The molecule has 0 unspecified atom stereocenters. The van der Waals surface area contributed by atoms with Gasteiger partial charge in [-0.05, 0) is 11.5 Å². The molecule has 0 aliphatic carbocycles. The van der Waals surface area contributed by atoms with E-state index in [2.05, 4.69) is 4.98 Å². The van der Waals surface area contributed by atoms with Gasteiger partial charge in [0.2, 0.25) is 0 Å². The number of fused-ring (bicyclic) bond motifs is 1. The highest BCUT2D eigenvalue weighted by molar-refractivity contribution is 5.85. The summed E-state index contributed by atoms with van der Waals surface area (Å²) in [6.45, 7) is 0. The van der Waals surface area contributed by atoms with Crippen molar-refractivity contribution in [3.05, 3.63) is 42.2 Å². The van der Waals surface area contributed by atoms with Crippen LogP contribution in [0.4, 0.5) is 57.1 Å². The molecule has 1 nitrogen and oxygen atoms in total. The van der Waals surface area contributed by atoms with Crippen LogP contribution in [0.15, 0.2) is 36.5 Å². The third kappa shape index (κ3) is 2.98. The smallest absolute Gasteiger partial charge is 0.254 e. The minimum absolute atomic E-state index is 0.302. The van der Waals surface area contributed by atoms with Gasteiger partial charge in [0.1, 0.15) is 5.69 Å². The summed E-state index contributed by atoms with van der Waals surface area (Å²) in [7, 11) is 0. The van der Waals surface area contributed by atoms with Gasteiger partial charge in [0.05, 0.1) is 0 Å². The summed E-state index contributed by atoms with van der Waals surface area (Å²) in [5, 5.41) is -1.25. The van der Waals surface area contributed by atoms with Crippen LogP contribution in [-0.4, -0.2) is 34.9 Å². The van der Waals surface area contributed by atoms with Crippen LogP contribution in [0.3, 0.4) is 0 Å². The molecule has 2 rings (SSSR count). The Morgan fingerprint density at radius 1 is 0.552 bits per heavy atom. The van der Waals surface area contributed by atoms with E-state index in [1.165, 1.54) is 6.07 Å². The van der Waals surface area contributed by atoms with Crippen molar-refractivity contribution in [1.82, 2.24) is 4.98 Å². The minimum Gasteiger partial charge on any atom is -0.254 e. The number of pyridine rings is 1. The third-order valence-electron chi connectivity index (χ3n) is 3.90. The Morgan fingerprint density at radius 2 is 1.03 bits per heavy atom. The first-order valence-electron chi connectivity index (χ1n) is 7.14. The highest BCUT2D eigenvalue weighted by Gasteiger charge is 2.91. The summed E-state index contributed by atoms with van der Waals surface area (Å²) < 4.78 is 172. The molecular formula is C15H6F13N. The number of hydrogen-bond acceptors (Lipinski definition) is 1. The molecule has 0 aliphatic rings. The number of rotatable bonds is 5. The molecular weight excluding hydrogens is 441 g/mol. The first-order chi connectivity index (χ1) is 12.8. The summed E-state index contributed by atoms with van der Waals surface area (Å²) >= 11 is 0. The molecule has 14 heteroatoms. The molecule has 162 valence electrons. The fraction of sp³-hybridized carbons (Fsp3) is 0.400. The van der Waals surface area contributed by atoms with Gasteiger partial charge in [0.15, 0.2) is 0 Å². The molecule has 0 bridgehead atoms. The highest BCUT2D eigenvalue weighted by atomic mass is 19.4. The lowest BCUT2D eigenvalue weighted by molar-refractivity contribution is -0.441. The van der Waals surface area contributed by atoms with E-state index in [9.17, 15) is 57.1 Å². The zero-order valence-corrected chi connectivity index (χ0v) is 13.3. The van der Waals surface area contributed by atoms with Crippen LogP contribution in [0.25, 0.3) is 10.8 Å². The average molecular weight is 447 g/mol. The zero-order chi connectivity index (χ0) is 22.7. The number of benzene rings is 1. The molecule has 0 atom stereocenters. The topological polar surface area (TPSA) is 12.9 Å². The molecule has 29 heavy (non-hydrogen) atoms. The Hall–Kier alpha value is -2.28. The molecule has 1 aromatic carbocycles. The zero-order valence-electron chi connectivity index (χ0n) is 13.3. The maximum absolute atomic E-state index is 14.2.